The number of hydrogen-bond acceptors (Lipinski definition) is 7. The Hall–Kier alpha value is -4.29. The number of H-pyrrole nitrogens is 1. The lowest BCUT2D eigenvalue weighted by molar-refractivity contribution is -0.143. The maximum atomic E-state index is 13.1. The Kier molecular flexibility index (Phi) is 10.6. The minimum Gasteiger partial charge on any atom is -0.404 e. The molecule has 0 bridgehead atoms. The smallest absolute Gasteiger partial charge is 0.330 e. The first kappa shape index (κ1) is 34.1. The van der Waals surface area contributed by atoms with E-state index in [1.807, 2.05) is 66.7 Å². The average Bonchev–Trinajstić information content (AvgIpc) is 3.37. The molecule has 3 aromatic carbocycles. The van der Waals surface area contributed by atoms with E-state index < -0.39 is 43.6 Å². The molecule has 1 aliphatic heterocycles. The monoisotopic (exact) mass is 655 g/mol. The van der Waals surface area contributed by atoms with Crippen molar-refractivity contribution in [3.05, 3.63) is 140 Å². The molecule has 1 aromatic heterocycles. The number of azide groups is 1. The molecule has 1 N–H and O–H groups in total. The third-order valence-corrected chi connectivity index (χ3v) is 13.8. The largest absolute Gasteiger partial charge is 0.404 e. The lowest BCUT2D eigenvalue weighted by Crippen LogP contribution is -2.68. The van der Waals surface area contributed by atoms with Crippen LogP contribution in [0.15, 0.2) is 118 Å². The van der Waals surface area contributed by atoms with Gasteiger partial charge >= 0.3 is 5.69 Å². The first-order valence-corrected chi connectivity index (χ1v) is 17.5. The summed E-state index contributed by atoms with van der Waals surface area (Å²) in [6.07, 6.45) is -0.958. The zero-order valence-electron chi connectivity index (χ0n) is 27.1. The van der Waals surface area contributed by atoms with Gasteiger partial charge in [0.05, 0.1) is 13.2 Å². The normalized spacial score (nSPS) is 21.3. The van der Waals surface area contributed by atoms with Crippen molar-refractivity contribution in [3.63, 3.8) is 0 Å². The van der Waals surface area contributed by atoms with Gasteiger partial charge in [-0.3, -0.25) is 14.3 Å². The molecule has 4 atom stereocenters. The van der Waals surface area contributed by atoms with Crippen LogP contribution >= 0.6 is 0 Å². The van der Waals surface area contributed by atoms with Crippen LogP contribution in [0.4, 0.5) is 0 Å². The van der Waals surface area contributed by atoms with Crippen LogP contribution in [-0.4, -0.2) is 55.9 Å². The second kappa shape index (κ2) is 14.6. The molecule has 1 aliphatic rings. The van der Waals surface area contributed by atoms with Crippen molar-refractivity contribution >= 4 is 18.7 Å². The van der Waals surface area contributed by atoms with E-state index in [1.165, 1.54) is 23.9 Å². The third kappa shape index (κ3) is 7.03. The molecular weight excluding hydrogens is 615 g/mol. The molecule has 1 fully saturated rings. The lowest BCUT2D eigenvalue weighted by atomic mass is 9.92. The molecule has 5 rings (SSSR count). The third-order valence-electron chi connectivity index (χ3n) is 8.77. The Labute approximate surface area is 274 Å². The summed E-state index contributed by atoms with van der Waals surface area (Å²) in [4.78, 5) is 30.4. The van der Waals surface area contributed by atoms with Gasteiger partial charge in [0.1, 0.15) is 17.8 Å². The van der Waals surface area contributed by atoms with E-state index >= 15 is 0 Å². The topological polar surface area (TPSA) is 141 Å². The van der Waals surface area contributed by atoms with Gasteiger partial charge in [-0.25, -0.2) is 4.79 Å². The molecule has 1 saturated heterocycles. The van der Waals surface area contributed by atoms with Crippen molar-refractivity contribution in [2.24, 2.45) is 5.11 Å². The molecule has 47 heavy (non-hydrogen) atoms. The average molecular weight is 656 g/mol. The number of rotatable bonds is 13. The number of aromatic amines is 1. The molecule has 0 spiro atoms. The second-order valence-electron chi connectivity index (χ2n) is 12.7. The maximum Gasteiger partial charge on any atom is 0.330 e. The van der Waals surface area contributed by atoms with Crippen molar-refractivity contribution in [2.75, 3.05) is 20.3 Å². The predicted molar refractivity (Wildman–Crippen MR) is 182 cm³/mol. The van der Waals surface area contributed by atoms with Crippen LogP contribution < -0.4 is 21.6 Å². The summed E-state index contributed by atoms with van der Waals surface area (Å²) in [5.74, 6) is 0. The van der Waals surface area contributed by atoms with E-state index in [-0.39, 0.29) is 31.2 Å². The Balaban J connectivity index is 1.66. The molecule has 2 heterocycles. The van der Waals surface area contributed by atoms with Crippen LogP contribution in [0.25, 0.3) is 10.4 Å². The van der Waals surface area contributed by atoms with E-state index in [1.54, 1.807) is 0 Å². The van der Waals surface area contributed by atoms with Crippen LogP contribution in [-0.2, 0) is 25.2 Å². The number of benzene rings is 3. The van der Waals surface area contributed by atoms with Crippen molar-refractivity contribution in [1.82, 2.24) is 9.55 Å². The molecule has 0 amide bonds. The first-order valence-electron chi connectivity index (χ1n) is 15.6. The van der Waals surface area contributed by atoms with Gasteiger partial charge in [0.15, 0.2) is 6.23 Å². The Morgan fingerprint density at radius 2 is 1.55 bits per heavy atom. The highest BCUT2D eigenvalue weighted by Gasteiger charge is 2.59. The van der Waals surface area contributed by atoms with Crippen LogP contribution in [0.5, 0.6) is 0 Å². The minimum absolute atomic E-state index is 0.0369. The van der Waals surface area contributed by atoms with Crippen LogP contribution in [0.1, 0.15) is 39.0 Å². The fraction of sp³-hybridized carbons (Fsp3) is 0.371. The predicted octanol–water partition coefficient (Wildman–Crippen LogP) is 4.68. The first-order chi connectivity index (χ1) is 22.6. The van der Waals surface area contributed by atoms with Gasteiger partial charge in [0.25, 0.3) is 13.9 Å². The fourth-order valence-corrected chi connectivity index (χ4v) is 11.2. The summed E-state index contributed by atoms with van der Waals surface area (Å²) >= 11 is 0. The molecular formula is C35H41N5O6Si. The number of methoxy groups -OCH3 is 1. The van der Waals surface area contributed by atoms with Gasteiger partial charge in [0, 0.05) is 30.8 Å². The molecule has 0 saturated carbocycles. The van der Waals surface area contributed by atoms with E-state index in [4.69, 9.17) is 18.6 Å². The van der Waals surface area contributed by atoms with E-state index in [0.717, 1.165) is 15.9 Å². The summed E-state index contributed by atoms with van der Waals surface area (Å²) in [6.45, 7) is 6.90. The molecule has 0 aliphatic carbocycles. The number of nitrogens with one attached hydrogen (secondary N) is 1. The summed E-state index contributed by atoms with van der Waals surface area (Å²) in [5, 5.41) is 5.69. The molecule has 4 aromatic rings. The van der Waals surface area contributed by atoms with Crippen molar-refractivity contribution in [1.29, 1.82) is 0 Å². The Bertz CT molecular complexity index is 1730. The summed E-state index contributed by atoms with van der Waals surface area (Å²) in [7, 11) is -1.54. The van der Waals surface area contributed by atoms with Crippen LogP contribution in [0, 0.1) is 0 Å². The van der Waals surface area contributed by atoms with Gasteiger partial charge in [-0.15, -0.1) is 0 Å². The Morgan fingerprint density at radius 3 is 2.09 bits per heavy atom. The highest BCUT2D eigenvalue weighted by Crippen LogP contribution is 2.45. The number of ether oxygens (including phenoxy) is 3. The van der Waals surface area contributed by atoms with E-state index in [9.17, 15) is 15.1 Å². The van der Waals surface area contributed by atoms with Crippen molar-refractivity contribution in [3.8, 4) is 0 Å². The van der Waals surface area contributed by atoms with Gasteiger partial charge < -0.3 is 18.6 Å². The van der Waals surface area contributed by atoms with Gasteiger partial charge in [-0.05, 0) is 32.9 Å². The number of aromatic nitrogens is 2. The van der Waals surface area contributed by atoms with Gasteiger partial charge in [0.2, 0.25) is 0 Å². The summed E-state index contributed by atoms with van der Waals surface area (Å²) < 4.78 is 28.3. The lowest BCUT2D eigenvalue weighted by Gasteiger charge is -2.45. The van der Waals surface area contributed by atoms with E-state index in [0.29, 0.717) is 0 Å². The zero-order chi connectivity index (χ0) is 33.5. The van der Waals surface area contributed by atoms with Gasteiger partial charge in [-0.1, -0.05) is 117 Å². The standard InChI is InChI=1S/C35H41N5O6Si/c1-34(2,3)47(27-16-10-6-11-17-27,28-18-12-7-13-19-28)45-25-35(21-22-37-39-36)31(44-24-26-14-8-5-9-15-26)30(43-4)32(46-35)40-23-20-29(41)38-33(40)42/h5-20,23,30-32H,21-22,24-25H2,1-4H3,(H,38,41,42)/t30-,31+,32-,35-/m1/s1. The fourth-order valence-electron chi connectivity index (χ4n) is 6.58. The number of nitrogens with zero attached hydrogens (tertiary/aromatic N) is 4. The quantitative estimate of drug-likeness (QED) is 0.0960. The van der Waals surface area contributed by atoms with E-state index in [2.05, 4.69) is 60.0 Å². The molecule has 12 heteroatoms. The second-order valence-corrected chi connectivity index (χ2v) is 17.0. The molecule has 0 unspecified atom stereocenters. The van der Waals surface area contributed by atoms with Crippen molar-refractivity contribution < 1.29 is 18.6 Å². The zero-order valence-corrected chi connectivity index (χ0v) is 28.1. The summed E-state index contributed by atoms with van der Waals surface area (Å²) in [6, 6.07) is 31.5. The highest BCUT2D eigenvalue weighted by molar-refractivity contribution is 6.99. The summed E-state index contributed by atoms with van der Waals surface area (Å²) in [5.41, 5.74) is 7.77. The molecule has 246 valence electrons. The molecule has 11 nitrogen and oxygen atoms in total. The number of hydrogen-bond donors (Lipinski definition) is 1. The minimum atomic E-state index is -3.08. The molecule has 0 radical (unpaired) electrons. The van der Waals surface area contributed by atoms with Crippen molar-refractivity contribution in [2.45, 2.75) is 62.9 Å². The highest BCUT2D eigenvalue weighted by atomic mass is 28.4. The van der Waals surface area contributed by atoms with Gasteiger partial charge in [-0.2, -0.15) is 0 Å². The maximum absolute atomic E-state index is 13.1. The van der Waals surface area contributed by atoms with Crippen LogP contribution in [0.3, 0.4) is 0 Å². The van der Waals surface area contributed by atoms with Crippen LogP contribution in [0.2, 0.25) is 5.04 Å². The SMILES string of the molecule is CO[C@H]1[C@H](n2ccc(=O)[nH]c2=O)O[C@](CCN=[N+]=[N-])(CO[Si](c2ccccc2)(c2ccccc2)C(C)(C)C)[C@H]1OCc1ccccc1. The Morgan fingerprint density at radius 1 is 0.957 bits per heavy atom.